The van der Waals surface area contributed by atoms with Gasteiger partial charge in [-0.15, -0.1) is 0 Å². The van der Waals surface area contributed by atoms with Gasteiger partial charge in [0.2, 0.25) is 0 Å². The molecule has 0 unspecified atom stereocenters. The fourth-order valence-electron chi connectivity index (χ4n) is 2.18. The zero-order valence-corrected chi connectivity index (χ0v) is 14.7. The molecule has 24 heavy (non-hydrogen) atoms. The molecule has 2 aromatic rings. The third-order valence-electron chi connectivity index (χ3n) is 3.52. The van der Waals surface area contributed by atoms with Gasteiger partial charge in [-0.3, -0.25) is 0 Å². The smallest absolute Gasteiger partial charge is 0.119 e. The first kappa shape index (κ1) is 17.7. The van der Waals surface area contributed by atoms with Crippen LogP contribution in [0.15, 0.2) is 58.7 Å². The van der Waals surface area contributed by atoms with Crippen LogP contribution in [-0.4, -0.2) is 24.6 Å². The second-order valence-electron chi connectivity index (χ2n) is 5.29. The molecule has 4 nitrogen and oxygen atoms in total. The van der Waals surface area contributed by atoms with E-state index in [1.165, 1.54) is 0 Å². The van der Waals surface area contributed by atoms with E-state index in [9.17, 15) is 0 Å². The van der Waals surface area contributed by atoms with Crippen LogP contribution < -0.4 is 9.47 Å². The molecule has 0 saturated heterocycles. The topological polar surface area (TPSA) is 43.2 Å². The van der Waals surface area contributed by atoms with E-state index in [0.29, 0.717) is 13.2 Å². The van der Waals surface area contributed by atoms with Crippen LogP contribution >= 0.6 is 0 Å². The predicted octanol–water partition coefficient (Wildman–Crippen LogP) is 4.72. The molecule has 0 amide bonds. The lowest BCUT2D eigenvalue weighted by Crippen LogP contribution is -1.98. The molecule has 4 heteroatoms. The Labute approximate surface area is 143 Å². The lowest BCUT2D eigenvalue weighted by Gasteiger charge is -2.05. The van der Waals surface area contributed by atoms with Crippen LogP contribution in [0.4, 0.5) is 0 Å². The van der Waals surface area contributed by atoms with Gasteiger partial charge < -0.3 is 9.47 Å². The van der Waals surface area contributed by atoms with Gasteiger partial charge >= 0.3 is 0 Å². The van der Waals surface area contributed by atoms with Crippen molar-refractivity contribution < 1.29 is 9.47 Å². The number of nitrogens with zero attached hydrogens (tertiary/aromatic N) is 2. The highest BCUT2D eigenvalue weighted by molar-refractivity contribution is 6.01. The van der Waals surface area contributed by atoms with E-state index in [4.69, 9.17) is 9.47 Å². The lowest BCUT2D eigenvalue weighted by atomic mass is 10.1. The van der Waals surface area contributed by atoms with Crippen molar-refractivity contribution in [3.8, 4) is 11.5 Å². The van der Waals surface area contributed by atoms with Gasteiger partial charge in [0.15, 0.2) is 0 Å². The molecule has 2 rings (SSSR count). The minimum Gasteiger partial charge on any atom is -0.494 e. The first-order valence-corrected chi connectivity index (χ1v) is 8.19. The maximum absolute atomic E-state index is 5.45. The van der Waals surface area contributed by atoms with Crippen molar-refractivity contribution in [2.75, 3.05) is 13.2 Å². The molecular weight excluding hydrogens is 300 g/mol. The average Bonchev–Trinajstić information content (AvgIpc) is 2.61. The van der Waals surface area contributed by atoms with E-state index in [-0.39, 0.29) is 0 Å². The van der Waals surface area contributed by atoms with Crippen LogP contribution in [0, 0.1) is 0 Å². The number of rotatable bonds is 7. The zero-order chi connectivity index (χ0) is 17.4. The monoisotopic (exact) mass is 324 g/mol. The third kappa shape index (κ3) is 4.95. The van der Waals surface area contributed by atoms with Crippen molar-refractivity contribution in [1.82, 2.24) is 0 Å². The molecule has 2 aromatic carbocycles. The first-order valence-electron chi connectivity index (χ1n) is 8.19. The highest BCUT2D eigenvalue weighted by Crippen LogP contribution is 2.14. The predicted molar refractivity (Wildman–Crippen MR) is 99.6 cm³/mol. The number of hydrogen-bond donors (Lipinski definition) is 0. The molecule has 0 heterocycles. The number of hydrogen-bond acceptors (Lipinski definition) is 4. The van der Waals surface area contributed by atoms with E-state index < -0.39 is 0 Å². The molecule has 126 valence electrons. The lowest BCUT2D eigenvalue weighted by molar-refractivity contribution is 0.340. The second-order valence-corrected chi connectivity index (χ2v) is 5.29. The van der Waals surface area contributed by atoms with E-state index in [2.05, 4.69) is 10.2 Å². The zero-order valence-electron chi connectivity index (χ0n) is 14.7. The molecule has 0 fully saturated rings. The van der Waals surface area contributed by atoms with Gasteiger partial charge in [-0.1, -0.05) is 0 Å². The maximum atomic E-state index is 5.45. The Morgan fingerprint density at radius 2 is 1.00 bits per heavy atom. The molecule has 0 spiro atoms. The second kappa shape index (κ2) is 8.87. The first-order chi connectivity index (χ1) is 11.6. The molecule has 0 aromatic heterocycles. The molecule has 0 aliphatic heterocycles. The SMILES string of the molecule is CCOc1ccc(C(C)=NN=C(C)c2ccc(OCC)cc2)cc1. The van der Waals surface area contributed by atoms with E-state index in [1.807, 2.05) is 76.2 Å². The van der Waals surface area contributed by atoms with Gasteiger partial charge in [-0.25, -0.2) is 0 Å². The highest BCUT2D eigenvalue weighted by Gasteiger charge is 2.01. The summed E-state index contributed by atoms with van der Waals surface area (Å²) in [6.45, 7) is 9.17. The number of benzene rings is 2. The maximum Gasteiger partial charge on any atom is 0.119 e. The Balaban J connectivity index is 2.09. The van der Waals surface area contributed by atoms with E-state index in [1.54, 1.807) is 0 Å². The van der Waals surface area contributed by atoms with Gasteiger partial charge in [0.05, 0.1) is 24.6 Å². The molecule has 0 N–H and O–H groups in total. The summed E-state index contributed by atoms with van der Waals surface area (Å²) < 4.78 is 10.9. The average molecular weight is 324 g/mol. The molecular formula is C20H24N2O2. The van der Waals surface area contributed by atoms with Gasteiger partial charge in [0.25, 0.3) is 0 Å². The minimum absolute atomic E-state index is 0.665. The van der Waals surface area contributed by atoms with Gasteiger partial charge in [0.1, 0.15) is 11.5 Å². The van der Waals surface area contributed by atoms with Crippen LogP contribution in [0.2, 0.25) is 0 Å². The summed E-state index contributed by atoms with van der Waals surface area (Å²) in [5.41, 5.74) is 3.79. The molecule has 0 bridgehead atoms. The normalized spacial score (nSPS) is 12.2. The van der Waals surface area contributed by atoms with Crippen LogP contribution in [0.5, 0.6) is 11.5 Å². The van der Waals surface area contributed by atoms with E-state index >= 15 is 0 Å². The van der Waals surface area contributed by atoms with Crippen molar-refractivity contribution in [1.29, 1.82) is 0 Å². The van der Waals surface area contributed by atoms with Gasteiger partial charge in [0, 0.05) is 0 Å². The van der Waals surface area contributed by atoms with Crippen molar-refractivity contribution in [3.05, 3.63) is 59.7 Å². The number of ether oxygens (including phenoxy) is 2. The van der Waals surface area contributed by atoms with Gasteiger partial charge in [-0.2, -0.15) is 10.2 Å². The van der Waals surface area contributed by atoms with Crippen LogP contribution in [-0.2, 0) is 0 Å². The summed E-state index contributed by atoms with van der Waals surface area (Å²) >= 11 is 0. The molecule has 0 atom stereocenters. The fraction of sp³-hybridized carbons (Fsp3) is 0.300. The fourth-order valence-corrected chi connectivity index (χ4v) is 2.18. The summed E-state index contributed by atoms with van der Waals surface area (Å²) in [6.07, 6.45) is 0. The molecule has 0 radical (unpaired) electrons. The van der Waals surface area contributed by atoms with Crippen molar-refractivity contribution in [3.63, 3.8) is 0 Å². The van der Waals surface area contributed by atoms with Crippen LogP contribution in [0.3, 0.4) is 0 Å². The molecule has 0 aliphatic rings. The Kier molecular flexibility index (Phi) is 6.55. The highest BCUT2D eigenvalue weighted by atomic mass is 16.5. The Hall–Kier alpha value is -2.62. The largest absolute Gasteiger partial charge is 0.494 e. The summed E-state index contributed by atoms with van der Waals surface area (Å²) in [5, 5.41) is 8.68. The Morgan fingerprint density at radius 1 is 0.667 bits per heavy atom. The summed E-state index contributed by atoms with van der Waals surface area (Å²) in [5.74, 6) is 1.73. The summed E-state index contributed by atoms with van der Waals surface area (Å²) in [7, 11) is 0. The molecule has 0 aliphatic carbocycles. The minimum atomic E-state index is 0.665. The quantitative estimate of drug-likeness (QED) is 0.546. The molecule has 0 saturated carbocycles. The van der Waals surface area contributed by atoms with Crippen molar-refractivity contribution >= 4 is 11.4 Å². The van der Waals surface area contributed by atoms with E-state index in [0.717, 1.165) is 34.0 Å². The summed E-state index contributed by atoms with van der Waals surface area (Å²) in [6, 6.07) is 15.7. The summed E-state index contributed by atoms with van der Waals surface area (Å²) in [4.78, 5) is 0. The standard InChI is InChI=1S/C20H24N2O2/c1-5-23-19-11-7-17(8-12-19)15(3)21-22-16(4)18-9-13-20(14-10-18)24-6-2/h7-14H,5-6H2,1-4H3. The van der Waals surface area contributed by atoms with Gasteiger partial charge in [-0.05, 0) is 87.4 Å². The Bertz CT molecular complexity index is 638. The third-order valence-corrected chi connectivity index (χ3v) is 3.52. The van der Waals surface area contributed by atoms with Crippen LogP contribution in [0.1, 0.15) is 38.8 Å². The van der Waals surface area contributed by atoms with Crippen molar-refractivity contribution in [2.24, 2.45) is 10.2 Å². The van der Waals surface area contributed by atoms with Crippen molar-refractivity contribution in [2.45, 2.75) is 27.7 Å². The Morgan fingerprint density at radius 3 is 1.29 bits per heavy atom. The van der Waals surface area contributed by atoms with Crippen LogP contribution in [0.25, 0.3) is 0 Å².